The van der Waals surface area contributed by atoms with Crippen LogP contribution in [0.2, 0.25) is 0 Å². The number of aliphatic hydroxyl groups excluding tert-OH is 1. The Labute approximate surface area is 109 Å². The van der Waals surface area contributed by atoms with Gasteiger partial charge in [-0.3, -0.25) is 0 Å². The van der Waals surface area contributed by atoms with Crippen LogP contribution < -0.4 is 0 Å². The van der Waals surface area contributed by atoms with Crippen LogP contribution in [0.3, 0.4) is 0 Å². The van der Waals surface area contributed by atoms with Crippen LogP contribution in [-0.4, -0.2) is 5.11 Å². The molecule has 0 aliphatic heterocycles. The number of aliphatic hydroxyl groups is 1. The molecule has 1 aromatic carbocycles. The van der Waals surface area contributed by atoms with E-state index in [4.69, 9.17) is 0 Å². The summed E-state index contributed by atoms with van der Waals surface area (Å²) in [6, 6.07) is 7.30. The zero-order valence-electron chi connectivity index (χ0n) is 9.77. The summed E-state index contributed by atoms with van der Waals surface area (Å²) in [5, 5.41) is 11.9. The van der Waals surface area contributed by atoms with Crippen LogP contribution in [0.4, 0.5) is 8.78 Å². The van der Waals surface area contributed by atoms with Gasteiger partial charge in [-0.2, -0.15) is 0 Å². The summed E-state index contributed by atoms with van der Waals surface area (Å²) in [6.07, 6.45) is 1.25. The summed E-state index contributed by atoms with van der Waals surface area (Å²) >= 11 is 1.67. The molecule has 2 rings (SSSR count). The molecule has 1 atom stereocenters. The molecule has 0 saturated heterocycles. The SMILES string of the molecule is OC(CCCc1cccs1)c1ccc(F)cc1F. The van der Waals surface area contributed by atoms with Crippen molar-refractivity contribution in [3.8, 4) is 0 Å². The Morgan fingerprint density at radius 3 is 2.72 bits per heavy atom. The van der Waals surface area contributed by atoms with Gasteiger partial charge in [-0.25, -0.2) is 8.78 Å². The first-order valence-electron chi connectivity index (χ1n) is 5.82. The first-order valence-corrected chi connectivity index (χ1v) is 6.70. The van der Waals surface area contributed by atoms with Gasteiger partial charge >= 0.3 is 0 Å². The third kappa shape index (κ3) is 3.37. The van der Waals surface area contributed by atoms with Gasteiger partial charge in [-0.05, 0) is 36.8 Å². The van der Waals surface area contributed by atoms with E-state index >= 15 is 0 Å². The maximum atomic E-state index is 13.4. The van der Waals surface area contributed by atoms with Crippen molar-refractivity contribution < 1.29 is 13.9 Å². The molecule has 1 nitrogen and oxygen atoms in total. The van der Waals surface area contributed by atoms with Gasteiger partial charge in [0.15, 0.2) is 0 Å². The fraction of sp³-hybridized carbons (Fsp3) is 0.286. The van der Waals surface area contributed by atoms with Crippen LogP contribution >= 0.6 is 11.3 Å². The van der Waals surface area contributed by atoms with E-state index in [0.29, 0.717) is 6.42 Å². The number of hydrogen-bond donors (Lipinski definition) is 1. The summed E-state index contributed by atoms with van der Waals surface area (Å²) in [5.41, 5.74) is 0.169. The van der Waals surface area contributed by atoms with Crippen molar-refractivity contribution in [2.45, 2.75) is 25.4 Å². The van der Waals surface area contributed by atoms with E-state index in [0.717, 1.165) is 18.9 Å². The Morgan fingerprint density at radius 2 is 2.06 bits per heavy atom. The first kappa shape index (κ1) is 13.2. The van der Waals surface area contributed by atoms with Crippen LogP contribution in [-0.2, 0) is 6.42 Å². The van der Waals surface area contributed by atoms with Crippen molar-refractivity contribution in [1.29, 1.82) is 0 Å². The van der Waals surface area contributed by atoms with Gasteiger partial charge in [-0.1, -0.05) is 12.1 Å². The maximum absolute atomic E-state index is 13.4. The fourth-order valence-corrected chi connectivity index (χ4v) is 2.60. The largest absolute Gasteiger partial charge is 0.388 e. The standard InChI is InChI=1S/C14H14F2OS/c15-10-6-7-12(13(16)9-10)14(17)5-1-3-11-4-2-8-18-11/h2,4,6-9,14,17H,1,3,5H2. The molecule has 96 valence electrons. The number of rotatable bonds is 5. The van der Waals surface area contributed by atoms with Crippen LogP contribution in [0.1, 0.15) is 29.4 Å². The predicted molar refractivity (Wildman–Crippen MR) is 68.6 cm³/mol. The predicted octanol–water partition coefficient (Wildman–Crippen LogP) is 4.08. The molecule has 2 aromatic rings. The van der Waals surface area contributed by atoms with Gasteiger partial charge in [0.1, 0.15) is 11.6 Å². The van der Waals surface area contributed by atoms with Gasteiger partial charge in [0, 0.05) is 16.5 Å². The summed E-state index contributed by atoms with van der Waals surface area (Å²) in [7, 11) is 0. The van der Waals surface area contributed by atoms with Crippen molar-refractivity contribution in [3.05, 3.63) is 57.8 Å². The van der Waals surface area contributed by atoms with Gasteiger partial charge < -0.3 is 5.11 Å². The normalized spacial score (nSPS) is 12.6. The quantitative estimate of drug-likeness (QED) is 0.866. The monoisotopic (exact) mass is 268 g/mol. The second-order valence-electron chi connectivity index (χ2n) is 4.15. The summed E-state index contributed by atoms with van der Waals surface area (Å²) in [5.74, 6) is -1.30. The van der Waals surface area contributed by atoms with E-state index in [1.165, 1.54) is 17.0 Å². The molecular formula is C14H14F2OS. The molecule has 0 fully saturated rings. The lowest BCUT2D eigenvalue weighted by atomic mass is 10.0. The molecule has 1 N–H and O–H groups in total. The summed E-state index contributed by atoms with van der Waals surface area (Å²) in [6.45, 7) is 0. The average Bonchev–Trinajstić information content (AvgIpc) is 2.81. The second kappa shape index (κ2) is 6.07. The van der Waals surface area contributed by atoms with Crippen LogP contribution in [0, 0.1) is 11.6 Å². The molecule has 1 unspecified atom stereocenters. The number of benzene rings is 1. The molecule has 0 aliphatic carbocycles. The molecular weight excluding hydrogens is 254 g/mol. The van der Waals surface area contributed by atoms with Gasteiger partial charge in [0.2, 0.25) is 0 Å². The van der Waals surface area contributed by atoms with E-state index in [1.54, 1.807) is 11.3 Å². The van der Waals surface area contributed by atoms with Crippen molar-refractivity contribution in [2.24, 2.45) is 0 Å². The van der Waals surface area contributed by atoms with Crippen molar-refractivity contribution in [1.82, 2.24) is 0 Å². The minimum absolute atomic E-state index is 0.169. The van der Waals surface area contributed by atoms with Crippen molar-refractivity contribution >= 4 is 11.3 Å². The van der Waals surface area contributed by atoms with Crippen LogP contribution in [0.5, 0.6) is 0 Å². The molecule has 0 saturated carbocycles. The maximum Gasteiger partial charge on any atom is 0.131 e. The van der Waals surface area contributed by atoms with E-state index in [1.807, 2.05) is 17.5 Å². The average molecular weight is 268 g/mol. The van der Waals surface area contributed by atoms with Gasteiger partial charge in [0.05, 0.1) is 6.10 Å². The van der Waals surface area contributed by atoms with E-state index in [-0.39, 0.29) is 5.56 Å². The highest BCUT2D eigenvalue weighted by Crippen LogP contribution is 2.23. The van der Waals surface area contributed by atoms with Crippen molar-refractivity contribution in [3.63, 3.8) is 0 Å². The smallest absolute Gasteiger partial charge is 0.131 e. The third-order valence-electron chi connectivity index (χ3n) is 2.80. The topological polar surface area (TPSA) is 20.2 Å². The number of thiophene rings is 1. The molecule has 0 spiro atoms. The molecule has 0 aliphatic rings. The zero-order chi connectivity index (χ0) is 13.0. The Kier molecular flexibility index (Phi) is 4.44. The lowest BCUT2D eigenvalue weighted by Gasteiger charge is -2.11. The number of hydrogen-bond acceptors (Lipinski definition) is 2. The molecule has 0 amide bonds. The summed E-state index contributed by atoms with van der Waals surface area (Å²) in [4.78, 5) is 1.25. The molecule has 4 heteroatoms. The lowest BCUT2D eigenvalue weighted by Crippen LogP contribution is -2.01. The molecule has 0 radical (unpaired) electrons. The Hall–Kier alpha value is -1.26. The highest BCUT2D eigenvalue weighted by Gasteiger charge is 2.13. The Morgan fingerprint density at radius 1 is 1.22 bits per heavy atom. The first-order chi connectivity index (χ1) is 8.66. The van der Waals surface area contributed by atoms with E-state index in [9.17, 15) is 13.9 Å². The number of aryl methyl sites for hydroxylation is 1. The van der Waals surface area contributed by atoms with E-state index in [2.05, 4.69) is 0 Å². The minimum Gasteiger partial charge on any atom is -0.388 e. The Bertz CT molecular complexity index is 497. The fourth-order valence-electron chi connectivity index (χ4n) is 1.85. The molecule has 1 aromatic heterocycles. The number of halogens is 2. The molecule has 1 heterocycles. The molecule has 0 bridgehead atoms. The van der Waals surface area contributed by atoms with Crippen LogP contribution in [0.15, 0.2) is 35.7 Å². The minimum atomic E-state index is -0.870. The second-order valence-corrected chi connectivity index (χ2v) is 5.19. The zero-order valence-corrected chi connectivity index (χ0v) is 10.6. The van der Waals surface area contributed by atoms with Gasteiger partial charge in [0.25, 0.3) is 0 Å². The van der Waals surface area contributed by atoms with Crippen LogP contribution in [0.25, 0.3) is 0 Å². The van der Waals surface area contributed by atoms with Gasteiger partial charge in [-0.15, -0.1) is 11.3 Å². The summed E-state index contributed by atoms with van der Waals surface area (Å²) < 4.78 is 26.1. The highest BCUT2D eigenvalue weighted by molar-refractivity contribution is 7.09. The van der Waals surface area contributed by atoms with E-state index < -0.39 is 17.7 Å². The third-order valence-corrected chi connectivity index (χ3v) is 3.74. The molecule has 18 heavy (non-hydrogen) atoms. The Balaban J connectivity index is 1.89. The van der Waals surface area contributed by atoms with Crippen molar-refractivity contribution in [2.75, 3.05) is 0 Å². The highest BCUT2D eigenvalue weighted by atomic mass is 32.1. The lowest BCUT2D eigenvalue weighted by molar-refractivity contribution is 0.160.